The number of halogens is 1. The molecule has 0 spiro atoms. The molecule has 0 fully saturated rings. The van der Waals surface area contributed by atoms with Gasteiger partial charge in [0.2, 0.25) is 5.91 Å². The SMILES string of the molecule is C[C@](O)(CCC(=O)c1cc(Oc2ncco2)c2ncccc2c1)c1cc2c(c(-c3ccc(F)cc3)n1)OC[C@]2(C)C(N)=O. The average Bonchev–Trinajstić information content (AvgIpc) is 3.64. The van der Waals surface area contributed by atoms with Gasteiger partial charge in [0.05, 0.1) is 11.9 Å². The first-order chi connectivity index (χ1) is 20.5. The van der Waals surface area contributed by atoms with Crippen molar-refractivity contribution in [3.05, 3.63) is 95.9 Å². The molecule has 43 heavy (non-hydrogen) atoms. The minimum absolute atomic E-state index is 0.00434. The van der Waals surface area contributed by atoms with Crippen molar-refractivity contribution in [1.82, 2.24) is 15.0 Å². The summed E-state index contributed by atoms with van der Waals surface area (Å²) in [5.41, 5.74) is 5.39. The molecule has 2 aromatic carbocycles. The molecule has 3 N–H and O–H groups in total. The predicted molar refractivity (Wildman–Crippen MR) is 153 cm³/mol. The molecule has 11 heteroatoms. The van der Waals surface area contributed by atoms with E-state index in [1.165, 1.54) is 36.7 Å². The average molecular weight is 583 g/mol. The van der Waals surface area contributed by atoms with Crippen LogP contribution in [0.15, 0.2) is 77.7 Å². The number of Topliss-reactive ketones (excluding diaryl/α,β-unsaturated/α-hetero) is 1. The first-order valence-electron chi connectivity index (χ1n) is 13.5. The number of nitrogens with zero attached hydrogens (tertiary/aromatic N) is 3. The monoisotopic (exact) mass is 582 g/mol. The number of primary amides is 1. The van der Waals surface area contributed by atoms with Crippen LogP contribution in [-0.4, -0.2) is 38.4 Å². The molecule has 0 radical (unpaired) electrons. The highest BCUT2D eigenvalue weighted by Crippen LogP contribution is 2.46. The molecule has 2 atom stereocenters. The highest BCUT2D eigenvalue weighted by atomic mass is 19.1. The van der Waals surface area contributed by atoms with E-state index in [0.29, 0.717) is 44.8 Å². The van der Waals surface area contributed by atoms with Gasteiger partial charge in [-0.15, -0.1) is 0 Å². The fourth-order valence-electron chi connectivity index (χ4n) is 5.05. The van der Waals surface area contributed by atoms with Gasteiger partial charge in [-0.25, -0.2) is 9.37 Å². The van der Waals surface area contributed by atoms with E-state index in [0.717, 1.165) is 0 Å². The quantitative estimate of drug-likeness (QED) is 0.223. The molecule has 1 aliphatic rings. The Morgan fingerprint density at radius 1 is 1.14 bits per heavy atom. The van der Waals surface area contributed by atoms with Crippen LogP contribution in [0.25, 0.3) is 22.2 Å². The van der Waals surface area contributed by atoms with Gasteiger partial charge in [-0.1, -0.05) is 6.07 Å². The van der Waals surface area contributed by atoms with Crippen LogP contribution in [0.2, 0.25) is 0 Å². The number of pyridine rings is 2. The second-order valence-electron chi connectivity index (χ2n) is 10.9. The van der Waals surface area contributed by atoms with Gasteiger partial charge in [0.25, 0.3) is 0 Å². The Hall–Kier alpha value is -5.16. The number of ketones is 1. The van der Waals surface area contributed by atoms with Crippen molar-refractivity contribution in [2.24, 2.45) is 5.73 Å². The van der Waals surface area contributed by atoms with Gasteiger partial charge in [0.1, 0.15) is 46.7 Å². The summed E-state index contributed by atoms with van der Waals surface area (Å²) < 4.78 is 30.5. The number of amides is 1. The molecule has 1 amide bonds. The van der Waals surface area contributed by atoms with Gasteiger partial charge in [0.15, 0.2) is 11.5 Å². The first kappa shape index (κ1) is 28.0. The van der Waals surface area contributed by atoms with Crippen molar-refractivity contribution in [2.75, 3.05) is 6.61 Å². The number of rotatable bonds is 9. The Bertz CT molecular complexity index is 1860. The van der Waals surface area contributed by atoms with E-state index in [4.69, 9.17) is 19.6 Å². The summed E-state index contributed by atoms with van der Waals surface area (Å²) in [6.07, 6.45) is 4.37. The molecule has 0 unspecified atom stereocenters. The maximum absolute atomic E-state index is 13.7. The van der Waals surface area contributed by atoms with Crippen LogP contribution in [0.4, 0.5) is 4.39 Å². The summed E-state index contributed by atoms with van der Waals surface area (Å²) in [4.78, 5) is 38.9. The maximum atomic E-state index is 13.7. The van der Waals surface area contributed by atoms with E-state index in [9.17, 15) is 19.1 Å². The van der Waals surface area contributed by atoms with E-state index >= 15 is 0 Å². The number of ether oxygens (including phenoxy) is 2. The topological polar surface area (TPSA) is 151 Å². The number of aliphatic hydroxyl groups is 1. The van der Waals surface area contributed by atoms with Crippen molar-refractivity contribution >= 4 is 22.6 Å². The number of aromatic nitrogens is 3. The number of fused-ring (bicyclic) bond motifs is 2. The van der Waals surface area contributed by atoms with Crippen LogP contribution >= 0.6 is 0 Å². The highest BCUT2D eigenvalue weighted by Gasteiger charge is 2.45. The third kappa shape index (κ3) is 5.19. The van der Waals surface area contributed by atoms with Crippen LogP contribution in [0.1, 0.15) is 48.3 Å². The fourth-order valence-corrected chi connectivity index (χ4v) is 5.05. The summed E-state index contributed by atoms with van der Waals surface area (Å²) in [5.74, 6) is -0.647. The Labute approximate surface area is 245 Å². The van der Waals surface area contributed by atoms with E-state index in [1.54, 1.807) is 50.4 Å². The van der Waals surface area contributed by atoms with Crippen LogP contribution < -0.4 is 15.2 Å². The van der Waals surface area contributed by atoms with Crippen LogP contribution in [0.3, 0.4) is 0 Å². The minimum atomic E-state index is -1.60. The summed E-state index contributed by atoms with van der Waals surface area (Å²) in [6, 6.07) is 14.1. The molecule has 4 heterocycles. The molecule has 10 nitrogen and oxygen atoms in total. The summed E-state index contributed by atoms with van der Waals surface area (Å²) in [6.45, 7) is 3.19. The van der Waals surface area contributed by atoms with Crippen molar-refractivity contribution in [3.8, 4) is 28.8 Å². The zero-order valence-corrected chi connectivity index (χ0v) is 23.3. The molecule has 6 rings (SSSR count). The number of hydrogen-bond acceptors (Lipinski definition) is 9. The Morgan fingerprint density at radius 3 is 2.65 bits per heavy atom. The Kier molecular flexibility index (Phi) is 6.89. The third-order valence-electron chi connectivity index (χ3n) is 7.72. The molecule has 0 saturated carbocycles. The van der Waals surface area contributed by atoms with Gasteiger partial charge >= 0.3 is 6.08 Å². The van der Waals surface area contributed by atoms with E-state index in [1.807, 2.05) is 0 Å². The molecular weight excluding hydrogens is 555 g/mol. The number of hydrogen-bond donors (Lipinski definition) is 2. The zero-order chi connectivity index (χ0) is 30.4. The number of benzene rings is 2. The van der Waals surface area contributed by atoms with Crippen molar-refractivity contribution in [3.63, 3.8) is 0 Å². The van der Waals surface area contributed by atoms with E-state index in [2.05, 4.69) is 15.0 Å². The molecule has 0 aliphatic carbocycles. The second kappa shape index (κ2) is 10.6. The molecule has 218 valence electrons. The molecular formula is C32H27FN4O6. The van der Waals surface area contributed by atoms with Crippen molar-refractivity contribution in [1.29, 1.82) is 0 Å². The zero-order valence-electron chi connectivity index (χ0n) is 23.3. The lowest BCUT2D eigenvalue weighted by Gasteiger charge is -2.26. The molecule has 0 bridgehead atoms. The van der Waals surface area contributed by atoms with E-state index in [-0.39, 0.29) is 37.0 Å². The smallest absolute Gasteiger partial charge is 0.399 e. The minimum Gasteiger partial charge on any atom is -0.489 e. The summed E-state index contributed by atoms with van der Waals surface area (Å²) in [7, 11) is 0. The number of carbonyl (C=O) groups is 2. The molecule has 1 aliphatic heterocycles. The lowest BCUT2D eigenvalue weighted by molar-refractivity contribution is -0.123. The Morgan fingerprint density at radius 2 is 1.93 bits per heavy atom. The van der Waals surface area contributed by atoms with Gasteiger partial charge in [-0.05, 0) is 68.8 Å². The van der Waals surface area contributed by atoms with Crippen LogP contribution in [0, 0.1) is 5.82 Å². The van der Waals surface area contributed by atoms with Crippen molar-refractivity contribution < 1.29 is 33.0 Å². The van der Waals surface area contributed by atoms with Crippen LogP contribution in [0.5, 0.6) is 17.6 Å². The lowest BCUT2D eigenvalue weighted by Crippen LogP contribution is -2.40. The summed E-state index contributed by atoms with van der Waals surface area (Å²) >= 11 is 0. The number of oxazole rings is 1. The summed E-state index contributed by atoms with van der Waals surface area (Å²) in [5, 5.41) is 12.3. The van der Waals surface area contributed by atoms with Crippen LogP contribution in [-0.2, 0) is 15.8 Å². The van der Waals surface area contributed by atoms with Gasteiger partial charge < -0.3 is 24.7 Å². The molecule has 0 saturated heterocycles. The molecule has 3 aromatic heterocycles. The Balaban J connectivity index is 1.32. The van der Waals surface area contributed by atoms with E-state index < -0.39 is 22.7 Å². The van der Waals surface area contributed by atoms with Gasteiger partial charge in [-0.2, -0.15) is 4.98 Å². The second-order valence-corrected chi connectivity index (χ2v) is 10.9. The normalized spacial score (nSPS) is 17.2. The standard InChI is InChI=1S/C32H27FN4O6/c1-31(29(34)39)17-42-28-22(31)16-25(37-27(28)18-5-7-21(33)8-6-18)32(2,40)10-9-23(38)20-14-19-4-3-11-35-26(19)24(15-20)43-30-36-12-13-41-30/h3-8,11-16,40H,9-10,17H2,1-2H3,(H2,34,39)/t31-,32-/m0/s1. The predicted octanol–water partition coefficient (Wildman–Crippen LogP) is 5.22. The molecule has 5 aromatic rings. The lowest BCUT2D eigenvalue weighted by atomic mass is 9.81. The largest absolute Gasteiger partial charge is 0.489 e. The number of nitrogens with two attached hydrogens (primary N) is 1. The third-order valence-corrected chi connectivity index (χ3v) is 7.72. The highest BCUT2D eigenvalue weighted by molar-refractivity contribution is 6.01. The number of carbonyl (C=O) groups excluding carboxylic acids is 2. The maximum Gasteiger partial charge on any atom is 0.399 e. The van der Waals surface area contributed by atoms with Gasteiger partial charge in [-0.3, -0.25) is 14.6 Å². The van der Waals surface area contributed by atoms with Gasteiger partial charge in [0, 0.05) is 34.7 Å². The fraction of sp³-hybridized carbons (Fsp3) is 0.219. The van der Waals surface area contributed by atoms with Crippen molar-refractivity contribution in [2.45, 2.75) is 37.7 Å². The first-order valence-corrected chi connectivity index (χ1v) is 13.5.